The molecule has 0 aromatic heterocycles. The standard InChI is InChI=1S/C7H8O5/c8-6-10-4-2-1-3-5(4)11-7(9)12-6/h4-5H,1-3H2. The van der Waals surface area contributed by atoms with Gasteiger partial charge in [-0.05, 0) is 19.3 Å². The molecule has 2 rings (SSSR count). The number of cyclic esters (lactones) is 2. The summed E-state index contributed by atoms with van der Waals surface area (Å²) in [7, 11) is 0. The first-order valence-electron chi connectivity index (χ1n) is 3.85. The van der Waals surface area contributed by atoms with Crippen molar-refractivity contribution in [2.45, 2.75) is 31.5 Å². The molecule has 1 aliphatic carbocycles. The molecule has 5 nitrogen and oxygen atoms in total. The molecule has 0 radical (unpaired) electrons. The highest BCUT2D eigenvalue weighted by atomic mass is 16.8. The quantitative estimate of drug-likeness (QED) is 0.406. The van der Waals surface area contributed by atoms with Gasteiger partial charge in [0.25, 0.3) is 0 Å². The van der Waals surface area contributed by atoms with Crippen LogP contribution in [0.2, 0.25) is 0 Å². The molecule has 0 bridgehead atoms. The van der Waals surface area contributed by atoms with Gasteiger partial charge in [0.05, 0.1) is 0 Å². The third kappa shape index (κ3) is 1.22. The minimum absolute atomic E-state index is 0.302. The van der Waals surface area contributed by atoms with Gasteiger partial charge >= 0.3 is 12.3 Å². The van der Waals surface area contributed by atoms with Crippen molar-refractivity contribution < 1.29 is 23.8 Å². The van der Waals surface area contributed by atoms with Crippen molar-refractivity contribution in [3.8, 4) is 0 Å². The zero-order chi connectivity index (χ0) is 8.55. The van der Waals surface area contributed by atoms with E-state index in [4.69, 9.17) is 9.47 Å². The highest BCUT2D eigenvalue weighted by Crippen LogP contribution is 2.27. The molecule has 0 aromatic rings. The van der Waals surface area contributed by atoms with Crippen LogP contribution in [0.4, 0.5) is 9.59 Å². The first-order valence-corrected chi connectivity index (χ1v) is 3.85. The Bertz CT molecular complexity index is 202. The Hall–Kier alpha value is -1.26. The Balaban J connectivity index is 2.12. The van der Waals surface area contributed by atoms with Crippen LogP contribution in [-0.4, -0.2) is 24.5 Å². The lowest BCUT2D eigenvalue weighted by Gasteiger charge is -2.12. The third-order valence-electron chi connectivity index (χ3n) is 2.05. The third-order valence-corrected chi connectivity index (χ3v) is 2.05. The van der Waals surface area contributed by atoms with E-state index >= 15 is 0 Å². The van der Waals surface area contributed by atoms with Crippen molar-refractivity contribution in [3.05, 3.63) is 0 Å². The number of rotatable bonds is 0. The van der Waals surface area contributed by atoms with Gasteiger partial charge in [-0.3, -0.25) is 0 Å². The van der Waals surface area contributed by atoms with Crippen molar-refractivity contribution in [3.63, 3.8) is 0 Å². The summed E-state index contributed by atoms with van der Waals surface area (Å²) >= 11 is 0. The first kappa shape index (κ1) is 7.39. The van der Waals surface area contributed by atoms with Gasteiger partial charge < -0.3 is 14.2 Å². The molecule has 1 aliphatic heterocycles. The van der Waals surface area contributed by atoms with Crippen LogP contribution in [0.5, 0.6) is 0 Å². The largest absolute Gasteiger partial charge is 0.518 e. The van der Waals surface area contributed by atoms with E-state index in [1.165, 1.54) is 0 Å². The number of fused-ring (bicyclic) bond motifs is 1. The van der Waals surface area contributed by atoms with Crippen molar-refractivity contribution >= 4 is 12.3 Å². The number of hydrogen-bond acceptors (Lipinski definition) is 5. The second kappa shape index (κ2) is 2.66. The normalized spacial score (nSPS) is 34.3. The monoisotopic (exact) mass is 172 g/mol. The van der Waals surface area contributed by atoms with Crippen LogP contribution >= 0.6 is 0 Å². The minimum atomic E-state index is -0.950. The summed E-state index contributed by atoms with van der Waals surface area (Å²) in [6.45, 7) is 0. The van der Waals surface area contributed by atoms with E-state index in [1.54, 1.807) is 0 Å². The van der Waals surface area contributed by atoms with Gasteiger partial charge in [-0.15, -0.1) is 0 Å². The van der Waals surface area contributed by atoms with E-state index in [2.05, 4.69) is 4.74 Å². The number of carbonyl (C=O) groups excluding carboxylic acids is 2. The molecule has 1 saturated carbocycles. The fourth-order valence-corrected chi connectivity index (χ4v) is 1.52. The molecular formula is C7H8O5. The summed E-state index contributed by atoms with van der Waals surface area (Å²) in [5, 5.41) is 0. The summed E-state index contributed by atoms with van der Waals surface area (Å²) in [5.74, 6) is 0. The second-order valence-corrected chi connectivity index (χ2v) is 2.85. The summed E-state index contributed by atoms with van der Waals surface area (Å²) < 4.78 is 13.7. The van der Waals surface area contributed by atoms with Crippen LogP contribution in [0.1, 0.15) is 19.3 Å². The van der Waals surface area contributed by atoms with Gasteiger partial charge in [-0.25, -0.2) is 9.59 Å². The van der Waals surface area contributed by atoms with Gasteiger partial charge in [0.2, 0.25) is 0 Å². The van der Waals surface area contributed by atoms with Crippen LogP contribution in [0.15, 0.2) is 0 Å². The molecule has 1 saturated heterocycles. The Kier molecular flexibility index (Phi) is 1.64. The Morgan fingerprint density at radius 1 is 1.00 bits per heavy atom. The first-order chi connectivity index (χ1) is 5.75. The van der Waals surface area contributed by atoms with Crippen molar-refractivity contribution in [1.82, 2.24) is 0 Å². The zero-order valence-corrected chi connectivity index (χ0v) is 6.32. The van der Waals surface area contributed by atoms with Gasteiger partial charge in [0.1, 0.15) is 12.2 Å². The molecule has 2 aliphatic rings. The highest BCUT2D eigenvalue weighted by Gasteiger charge is 2.38. The second-order valence-electron chi connectivity index (χ2n) is 2.85. The van der Waals surface area contributed by atoms with Crippen LogP contribution in [-0.2, 0) is 14.2 Å². The predicted octanol–water partition coefficient (Wildman–Crippen LogP) is 1.21. The number of hydrogen-bond donors (Lipinski definition) is 0. The number of carbonyl (C=O) groups is 2. The van der Waals surface area contributed by atoms with Crippen molar-refractivity contribution in [2.75, 3.05) is 0 Å². The molecule has 0 aromatic carbocycles. The molecule has 66 valence electrons. The summed E-state index contributed by atoms with van der Waals surface area (Å²) in [5.41, 5.74) is 0. The maximum Gasteiger partial charge on any atom is 0.518 e. The Morgan fingerprint density at radius 3 is 2.00 bits per heavy atom. The van der Waals surface area contributed by atoms with Gasteiger partial charge in [0, 0.05) is 0 Å². The van der Waals surface area contributed by atoms with E-state index in [-0.39, 0.29) is 12.2 Å². The molecule has 1 heterocycles. The van der Waals surface area contributed by atoms with E-state index in [0.717, 1.165) is 19.3 Å². The average Bonchev–Trinajstić information content (AvgIpc) is 2.31. The fourth-order valence-electron chi connectivity index (χ4n) is 1.52. The Morgan fingerprint density at radius 2 is 1.50 bits per heavy atom. The van der Waals surface area contributed by atoms with Crippen LogP contribution in [0.3, 0.4) is 0 Å². The predicted molar refractivity (Wildman–Crippen MR) is 35.5 cm³/mol. The fraction of sp³-hybridized carbons (Fsp3) is 0.714. The maximum atomic E-state index is 10.7. The topological polar surface area (TPSA) is 61.8 Å². The van der Waals surface area contributed by atoms with Crippen LogP contribution in [0.25, 0.3) is 0 Å². The molecule has 0 N–H and O–H groups in total. The van der Waals surface area contributed by atoms with Crippen molar-refractivity contribution in [2.24, 2.45) is 0 Å². The Labute approximate surface area is 68.6 Å². The molecule has 0 spiro atoms. The van der Waals surface area contributed by atoms with Gasteiger partial charge in [-0.1, -0.05) is 0 Å². The smallest absolute Gasteiger partial charge is 0.427 e. The van der Waals surface area contributed by atoms with Gasteiger partial charge in [-0.2, -0.15) is 0 Å². The lowest BCUT2D eigenvalue weighted by molar-refractivity contribution is 0.0330. The molecule has 0 amide bonds. The SMILES string of the molecule is O=C1OC(=O)OC2CCCC2O1. The summed E-state index contributed by atoms with van der Waals surface area (Å²) in [6, 6.07) is 0. The molecule has 12 heavy (non-hydrogen) atoms. The maximum absolute atomic E-state index is 10.7. The minimum Gasteiger partial charge on any atom is -0.427 e. The molecule has 2 atom stereocenters. The molecule has 2 fully saturated rings. The molecular weight excluding hydrogens is 164 g/mol. The lowest BCUT2D eigenvalue weighted by Crippen LogP contribution is -2.24. The molecule has 2 unspecified atom stereocenters. The summed E-state index contributed by atoms with van der Waals surface area (Å²) in [6.07, 6.45) is -0.104. The van der Waals surface area contributed by atoms with Crippen molar-refractivity contribution in [1.29, 1.82) is 0 Å². The number of ether oxygens (including phenoxy) is 3. The lowest BCUT2D eigenvalue weighted by atomic mass is 10.3. The van der Waals surface area contributed by atoms with Gasteiger partial charge in [0.15, 0.2) is 0 Å². The van der Waals surface area contributed by atoms with E-state index in [1.807, 2.05) is 0 Å². The van der Waals surface area contributed by atoms with E-state index < -0.39 is 12.3 Å². The summed E-state index contributed by atoms with van der Waals surface area (Å²) in [4.78, 5) is 21.4. The van der Waals surface area contributed by atoms with E-state index in [9.17, 15) is 9.59 Å². The highest BCUT2D eigenvalue weighted by molar-refractivity contribution is 5.77. The van der Waals surface area contributed by atoms with Crippen LogP contribution < -0.4 is 0 Å². The zero-order valence-electron chi connectivity index (χ0n) is 6.32. The molecule has 5 heteroatoms. The van der Waals surface area contributed by atoms with E-state index in [0.29, 0.717) is 0 Å². The van der Waals surface area contributed by atoms with Crippen LogP contribution in [0, 0.1) is 0 Å². The average molecular weight is 172 g/mol.